The van der Waals surface area contributed by atoms with E-state index in [0.717, 1.165) is 0 Å². The van der Waals surface area contributed by atoms with Gasteiger partial charge in [-0.1, -0.05) is 24.3 Å². The van der Waals surface area contributed by atoms with Gasteiger partial charge in [0.1, 0.15) is 5.82 Å². The van der Waals surface area contributed by atoms with E-state index < -0.39 is 27.5 Å². The zero-order valence-corrected chi connectivity index (χ0v) is 19.0. The molecule has 34 heavy (non-hydrogen) atoms. The SMILES string of the molecule is CN(CCC#N)C(=O)c1ccc2c(c1)N(Cc1ccc(F)cc1)C(=O)c1ccccc1S2(=O)=O. The summed E-state index contributed by atoms with van der Waals surface area (Å²) in [4.78, 5) is 28.9. The molecule has 1 aliphatic heterocycles. The molecule has 0 unspecified atom stereocenters. The number of rotatable bonds is 5. The van der Waals surface area contributed by atoms with Crippen LogP contribution in [0.3, 0.4) is 0 Å². The summed E-state index contributed by atoms with van der Waals surface area (Å²) in [7, 11) is -2.53. The molecule has 1 aliphatic rings. The predicted octanol–water partition coefficient (Wildman–Crippen LogP) is 3.80. The summed E-state index contributed by atoms with van der Waals surface area (Å²) in [5.74, 6) is -1.40. The number of nitriles is 1. The summed E-state index contributed by atoms with van der Waals surface area (Å²) in [5.41, 5.74) is 0.836. The summed E-state index contributed by atoms with van der Waals surface area (Å²) in [6.07, 6.45) is 0.145. The first-order chi connectivity index (χ1) is 16.2. The van der Waals surface area contributed by atoms with Gasteiger partial charge in [0.05, 0.1) is 40.1 Å². The van der Waals surface area contributed by atoms with Crippen LogP contribution in [-0.4, -0.2) is 38.7 Å². The van der Waals surface area contributed by atoms with Gasteiger partial charge < -0.3 is 9.80 Å². The Hall–Kier alpha value is -4.03. The van der Waals surface area contributed by atoms with Crippen molar-refractivity contribution in [1.82, 2.24) is 4.90 Å². The highest BCUT2D eigenvalue weighted by atomic mass is 32.2. The summed E-state index contributed by atoms with van der Waals surface area (Å²) in [5, 5.41) is 8.80. The molecule has 0 N–H and O–H groups in total. The summed E-state index contributed by atoms with van der Waals surface area (Å²) >= 11 is 0. The van der Waals surface area contributed by atoms with Crippen LogP contribution in [0.25, 0.3) is 0 Å². The van der Waals surface area contributed by atoms with Gasteiger partial charge in [-0.2, -0.15) is 5.26 Å². The molecule has 0 saturated heterocycles. The zero-order chi connectivity index (χ0) is 24.5. The molecular formula is C25H20FN3O4S. The molecule has 0 atom stereocenters. The quantitative estimate of drug-likeness (QED) is 0.557. The molecule has 0 saturated carbocycles. The Labute approximate surface area is 196 Å². The molecule has 3 aromatic rings. The number of carbonyl (C=O) groups is 2. The zero-order valence-electron chi connectivity index (χ0n) is 18.2. The fraction of sp³-hybridized carbons (Fsp3) is 0.160. The van der Waals surface area contributed by atoms with Crippen LogP contribution in [-0.2, 0) is 16.4 Å². The molecule has 0 aliphatic carbocycles. The number of halogens is 1. The average Bonchev–Trinajstić information content (AvgIpc) is 2.91. The van der Waals surface area contributed by atoms with Crippen molar-refractivity contribution in [3.05, 3.63) is 89.2 Å². The predicted molar refractivity (Wildman–Crippen MR) is 122 cm³/mol. The van der Waals surface area contributed by atoms with Crippen LogP contribution < -0.4 is 4.90 Å². The molecule has 0 aromatic heterocycles. The van der Waals surface area contributed by atoms with Crippen LogP contribution in [0.2, 0.25) is 0 Å². The van der Waals surface area contributed by atoms with Crippen molar-refractivity contribution in [3.63, 3.8) is 0 Å². The lowest BCUT2D eigenvalue weighted by molar-refractivity contribution is 0.0797. The number of sulfone groups is 1. The van der Waals surface area contributed by atoms with Crippen LogP contribution in [0.15, 0.2) is 76.5 Å². The number of hydrogen-bond donors (Lipinski definition) is 0. The maximum atomic E-state index is 13.6. The first-order valence-electron chi connectivity index (χ1n) is 10.4. The first kappa shape index (κ1) is 23.1. The molecular weight excluding hydrogens is 457 g/mol. The number of hydrogen-bond acceptors (Lipinski definition) is 5. The van der Waals surface area contributed by atoms with Gasteiger partial charge in [-0.15, -0.1) is 0 Å². The van der Waals surface area contributed by atoms with Crippen molar-refractivity contribution in [3.8, 4) is 6.07 Å². The smallest absolute Gasteiger partial charge is 0.259 e. The van der Waals surface area contributed by atoms with Crippen molar-refractivity contribution >= 4 is 27.3 Å². The number of anilines is 1. The van der Waals surface area contributed by atoms with E-state index in [1.165, 1.54) is 64.4 Å². The molecule has 4 rings (SSSR count). The van der Waals surface area contributed by atoms with Gasteiger partial charge in [0.15, 0.2) is 0 Å². The Morgan fingerprint density at radius 3 is 2.47 bits per heavy atom. The monoisotopic (exact) mass is 477 g/mol. The van der Waals surface area contributed by atoms with Gasteiger partial charge in [-0.3, -0.25) is 9.59 Å². The van der Waals surface area contributed by atoms with Crippen molar-refractivity contribution in [2.45, 2.75) is 22.8 Å². The standard InChI is InChI=1S/C25H20FN3O4S/c1-28(14-4-13-27)24(30)18-9-12-23-21(15-18)29(16-17-7-10-19(26)11-8-17)25(31)20-5-2-3-6-22(20)34(23,32)33/h2-3,5-12,15H,4,14,16H2,1H3. The van der Waals surface area contributed by atoms with E-state index in [1.807, 2.05) is 6.07 Å². The molecule has 0 bridgehead atoms. The van der Waals surface area contributed by atoms with E-state index in [4.69, 9.17) is 5.26 Å². The Kier molecular flexibility index (Phi) is 6.18. The maximum Gasteiger partial charge on any atom is 0.259 e. The Bertz CT molecular complexity index is 1430. The molecule has 0 spiro atoms. The minimum atomic E-state index is -4.07. The molecule has 0 radical (unpaired) electrons. The normalized spacial score (nSPS) is 13.9. The summed E-state index contributed by atoms with van der Waals surface area (Å²) < 4.78 is 40.4. The van der Waals surface area contributed by atoms with Crippen molar-refractivity contribution in [1.29, 1.82) is 5.26 Å². The molecule has 3 aromatic carbocycles. The van der Waals surface area contributed by atoms with E-state index in [-0.39, 0.29) is 46.1 Å². The van der Waals surface area contributed by atoms with E-state index in [2.05, 4.69) is 0 Å². The molecule has 172 valence electrons. The van der Waals surface area contributed by atoms with Crippen molar-refractivity contribution in [2.75, 3.05) is 18.5 Å². The molecule has 1 heterocycles. The third kappa shape index (κ3) is 4.16. The second-order valence-corrected chi connectivity index (χ2v) is 9.72. The second-order valence-electron chi connectivity index (χ2n) is 7.83. The summed E-state index contributed by atoms with van der Waals surface area (Å²) in [6.45, 7) is 0.173. The van der Waals surface area contributed by atoms with Crippen LogP contribution >= 0.6 is 0 Å². The lowest BCUT2D eigenvalue weighted by atomic mass is 10.1. The van der Waals surface area contributed by atoms with Gasteiger partial charge in [-0.05, 0) is 48.0 Å². The fourth-order valence-corrected chi connectivity index (χ4v) is 5.44. The summed E-state index contributed by atoms with van der Waals surface area (Å²) in [6, 6.07) is 17.6. The van der Waals surface area contributed by atoms with Crippen LogP contribution in [0.4, 0.5) is 10.1 Å². The minimum absolute atomic E-state index is 0.0137. The number of nitrogens with zero attached hydrogens (tertiary/aromatic N) is 3. The van der Waals surface area contributed by atoms with Crippen LogP contribution in [0.1, 0.15) is 32.7 Å². The highest BCUT2D eigenvalue weighted by Crippen LogP contribution is 2.38. The molecule has 2 amide bonds. The molecule has 0 fully saturated rings. The van der Waals surface area contributed by atoms with Gasteiger partial charge in [0, 0.05) is 19.2 Å². The van der Waals surface area contributed by atoms with Gasteiger partial charge in [-0.25, -0.2) is 12.8 Å². The number of carbonyl (C=O) groups excluding carboxylic acids is 2. The van der Waals surface area contributed by atoms with Crippen molar-refractivity contribution in [2.24, 2.45) is 0 Å². The number of fused-ring (bicyclic) bond motifs is 2. The fourth-order valence-electron chi connectivity index (χ4n) is 3.81. The van der Waals surface area contributed by atoms with E-state index in [0.29, 0.717) is 5.56 Å². The van der Waals surface area contributed by atoms with Gasteiger partial charge >= 0.3 is 0 Å². The van der Waals surface area contributed by atoms with Gasteiger partial charge in [0.2, 0.25) is 9.84 Å². The Morgan fingerprint density at radius 2 is 1.76 bits per heavy atom. The molecule has 9 heteroatoms. The minimum Gasteiger partial charge on any atom is -0.341 e. The average molecular weight is 478 g/mol. The second kappa shape index (κ2) is 9.08. The van der Waals surface area contributed by atoms with E-state index in [9.17, 15) is 22.4 Å². The Morgan fingerprint density at radius 1 is 1.06 bits per heavy atom. The third-order valence-electron chi connectivity index (χ3n) is 5.60. The largest absolute Gasteiger partial charge is 0.341 e. The lowest BCUT2D eigenvalue weighted by Crippen LogP contribution is -2.31. The van der Waals surface area contributed by atoms with E-state index in [1.54, 1.807) is 19.2 Å². The Balaban J connectivity index is 1.89. The van der Waals surface area contributed by atoms with Crippen molar-refractivity contribution < 1.29 is 22.4 Å². The third-order valence-corrected chi connectivity index (χ3v) is 7.46. The number of benzene rings is 3. The molecule has 7 nitrogen and oxygen atoms in total. The van der Waals surface area contributed by atoms with E-state index >= 15 is 0 Å². The van der Waals surface area contributed by atoms with Crippen LogP contribution in [0.5, 0.6) is 0 Å². The van der Waals surface area contributed by atoms with Crippen LogP contribution in [0, 0.1) is 17.1 Å². The number of amides is 2. The highest BCUT2D eigenvalue weighted by molar-refractivity contribution is 7.91. The highest BCUT2D eigenvalue weighted by Gasteiger charge is 2.36. The first-order valence-corrected chi connectivity index (χ1v) is 11.9. The topological polar surface area (TPSA) is 98.5 Å². The van der Waals surface area contributed by atoms with Gasteiger partial charge in [0.25, 0.3) is 11.8 Å². The lowest BCUT2D eigenvalue weighted by Gasteiger charge is -2.24. The maximum absolute atomic E-state index is 13.6.